The Bertz CT molecular complexity index is 583. The van der Waals surface area contributed by atoms with Crippen molar-refractivity contribution in [2.24, 2.45) is 0 Å². The van der Waals surface area contributed by atoms with E-state index in [0.717, 1.165) is 5.56 Å². The van der Waals surface area contributed by atoms with E-state index in [1.54, 1.807) is 0 Å². The molecule has 109 valence electrons. The van der Waals surface area contributed by atoms with E-state index in [-0.39, 0.29) is 43.5 Å². The first-order valence-electron chi connectivity index (χ1n) is 7.24. The van der Waals surface area contributed by atoms with Crippen LogP contribution in [-0.2, 0) is 43.5 Å². The Hall–Kier alpha value is -0.456. The van der Waals surface area contributed by atoms with Crippen molar-refractivity contribution in [2.75, 3.05) is 0 Å². The normalized spacial score (nSPS) is 11.9. The van der Waals surface area contributed by atoms with E-state index >= 15 is 0 Å². The molecule has 1 radical (unpaired) electrons. The summed E-state index contributed by atoms with van der Waals surface area (Å²) in [5.41, 5.74) is 5.31. The molecule has 0 aromatic heterocycles. The van der Waals surface area contributed by atoms with E-state index in [9.17, 15) is 0 Å². The number of rotatable bonds is 1. The summed E-state index contributed by atoms with van der Waals surface area (Å²) in [6.07, 6.45) is 0. The second kappa shape index (κ2) is 6.75. The monoisotopic (exact) mass is 353 g/mol. The molecular formula is C20H24Y-2. The third-order valence-corrected chi connectivity index (χ3v) is 3.53. The van der Waals surface area contributed by atoms with Crippen molar-refractivity contribution in [2.45, 2.75) is 52.4 Å². The van der Waals surface area contributed by atoms with Crippen LogP contribution in [0.4, 0.5) is 0 Å². The second-order valence-electron chi connectivity index (χ2n) is 7.42. The van der Waals surface area contributed by atoms with Gasteiger partial charge < -0.3 is 0 Å². The molecule has 1 heteroatoms. The van der Waals surface area contributed by atoms with E-state index in [1.807, 2.05) is 18.2 Å². The quantitative estimate of drug-likeness (QED) is 0.590. The van der Waals surface area contributed by atoms with E-state index in [2.05, 4.69) is 71.9 Å². The fourth-order valence-corrected chi connectivity index (χ4v) is 2.66. The standard InChI is InChI=1S/C20H24.Y/c1-19(2,3)17-14-10-13-16(18(17)20(4,5)6)15-11-8-7-9-12-15;/h7-11,14H,1-6H3;/q-2;. The maximum Gasteiger partial charge on any atom is 0 e. The van der Waals surface area contributed by atoms with Gasteiger partial charge >= 0.3 is 0 Å². The molecule has 0 fully saturated rings. The molecule has 0 heterocycles. The van der Waals surface area contributed by atoms with Gasteiger partial charge in [-0.05, 0) is 5.41 Å². The summed E-state index contributed by atoms with van der Waals surface area (Å²) >= 11 is 0. The van der Waals surface area contributed by atoms with E-state index in [1.165, 1.54) is 16.7 Å². The van der Waals surface area contributed by atoms with E-state index < -0.39 is 0 Å². The van der Waals surface area contributed by atoms with Crippen LogP contribution in [-0.4, -0.2) is 0 Å². The summed E-state index contributed by atoms with van der Waals surface area (Å²) in [5, 5.41) is 0. The molecule has 0 spiro atoms. The van der Waals surface area contributed by atoms with E-state index in [0.29, 0.717) is 0 Å². The summed E-state index contributed by atoms with van der Waals surface area (Å²) in [6, 6.07) is 19.2. The summed E-state index contributed by atoms with van der Waals surface area (Å²) in [4.78, 5) is 0. The van der Waals surface area contributed by atoms with Gasteiger partial charge in [0.2, 0.25) is 0 Å². The predicted octanol–water partition coefficient (Wildman–Crippen LogP) is 5.55. The number of hydrogen-bond donors (Lipinski definition) is 0. The maximum atomic E-state index is 3.44. The third-order valence-electron chi connectivity index (χ3n) is 3.53. The Balaban J connectivity index is 0.00000220. The maximum absolute atomic E-state index is 3.44. The largest absolute Gasteiger partial charge is 0.226 e. The zero-order chi connectivity index (χ0) is 15.0. The van der Waals surface area contributed by atoms with Gasteiger partial charge in [0.25, 0.3) is 0 Å². The molecule has 2 aromatic carbocycles. The molecule has 0 nitrogen and oxygen atoms in total. The summed E-state index contributed by atoms with van der Waals surface area (Å²) in [6.45, 7) is 13.6. The zero-order valence-corrected chi connectivity index (χ0v) is 16.9. The molecule has 0 bridgehead atoms. The third kappa shape index (κ3) is 4.27. The van der Waals surface area contributed by atoms with Gasteiger partial charge in [-0.25, -0.2) is 11.1 Å². The first kappa shape index (κ1) is 18.6. The van der Waals surface area contributed by atoms with Crippen LogP contribution < -0.4 is 0 Å². The molecule has 0 aliphatic rings. The average Bonchev–Trinajstić information content (AvgIpc) is 2.37. The van der Waals surface area contributed by atoms with Crippen LogP contribution in [0.3, 0.4) is 0 Å². The molecule has 2 aromatic rings. The van der Waals surface area contributed by atoms with Gasteiger partial charge in [0, 0.05) is 32.7 Å². The Morgan fingerprint density at radius 1 is 0.762 bits per heavy atom. The van der Waals surface area contributed by atoms with Crippen LogP contribution in [0.1, 0.15) is 52.7 Å². The van der Waals surface area contributed by atoms with Crippen molar-refractivity contribution in [3.63, 3.8) is 0 Å². The first-order chi connectivity index (χ1) is 9.21. The van der Waals surface area contributed by atoms with Crippen LogP contribution in [0.15, 0.2) is 36.4 Å². The van der Waals surface area contributed by atoms with Gasteiger partial charge in [-0.3, -0.25) is 0 Å². The Morgan fingerprint density at radius 3 is 1.90 bits per heavy atom. The Kier molecular flexibility index (Phi) is 5.98. The molecule has 0 atom stereocenters. The molecule has 0 aliphatic heterocycles. The fourth-order valence-electron chi connectivity index (χ4n) is 2.66. The molecule has 0 N–H and O–H groups in total. The van der Waals surface area contributed by atoms with Gasteiger partial charge in [-0.15, -0.1) is 17.7 Å². The van der Waals surface area contributed by atoms with Crippen molar-refractivity contribution in [1.82, 2.24) is 0 Å². The van der Waals surface area contributed by atoms with Crippen molar-refractivity contribution < 1.29 is 32.7 Å². The summed E-state index contributed by atoms with van der Waals surface area (Å²) in [5.74, 6) is 0. The number of benzene rings is 2. The molecule has 0 saturated heterocycles. The van der Waals surface area contributed by atoms with Gasteiger partial charge in [-0.2, -0.15) is 42.0 Å². The molecule has 2 rings (SSSR count). The van der Waals surface area contributed by atoms with Crippen molar-refractivity contribution >= 4 is 0 Å². The van der Waals surface area contributed by atoms with Gasteiger partial charge in [0.05, 0.1) is 0 Å². The Morgan fingerprint density at radius 2 is 1.43 bits per heavy atom. The Labute approximate surface area is 155 Å². The van der Waals surface area contributed by atoms with Crippen LogP contribution in [0.5, 0.6) is 0 Å². The molecule has 21 heavy (non-hydrogen) atoms. The van der Waals surface area contributed by atoms with Crippen LogP contribution in [0.2, 0.25) is 0 Å². The van der Waals surface area contributed by atoms with Crippen molar-refractivity contribution in [3.8, 4) is 11.1 Å². The SMILES string of the molecule is CC(C)(C)c1cc[c-]c(-c2[c-]cccc2)c1C(C)(C)C.[Y]. The van der Waals surface area contributed by atoms with Crippen molar-refractivity contribution in [1.29, 1.82) is 0 Å². The van der Waals surface area contributed by atoms with Gasteiger partial charge in [-0.1, -0.05) is 47.0 Å². The minimum atomic E-state index is 0. The smallest absolute Gasteiger partial charge is 0 e. The van der Waals surface area contributed by atoms with Crippen molar-refractivity contribution in [3.05, 3.63) is 59.7 Å². The predicted molar refractivity (Wildman–Crippen MR) is 87.0 cm³/mol. The summed E-state index contributed by atoms with van der Waals surface area (Å²) in [7, 11) is 0. The van der Waals surface area contributed by atoms with Gasteiger partial charge in [0.15, 0.2) is 0 Å². The van der Waals surface area contributed by atoms with Crippen LogP contribution in [0, 0.1) is 12.1 Å². The van der Waals surface area contributed by atoms with Crippen LogP contribution >= 0.6 is 0 Å². The molecule has 0 saturated carbocycles. The molecule has 0 unspecified atom stereocenters. The summed E-state index contributed by atoms with van der Waals surface area (Å²) < 4.78 is 0. The minimum absolute atomic E-state index is 0. The zero-order valence-electron chi connectivity index (χ0n) is 14.0. The molecule has 0 aliphatic carbocycles. The topological polar surface area (TPSA) is 0 Å². The minimum Gasteiger partial charge on any atom is -0.226 e. The number of hydrogen-bond acceptors (Lipinski definition) is 0. The second-order valence-corrected chi connectivity index (χ2v) is 7.42. The first-order valence-corrected chi connectivity index (χ1v) is 7.24. The molecule has 0 amide bonds. The van der Waals surface area contributed by atoms with Gasteiger partial charge in [0.1, 0.15) is 0 Å². The molecular weight excluding hydrogens is 329 g/mol. The average molecular weight is 353 g/mol. The van der Waals surface area contributed by atoms with E-state index in [4.69, 9.17) is 0 Å². The van der Waals surface area contributed by atoms with Crippen LogP contribution in [0.25, 0.3) is 11.1 Å². The fraction of sp³-hybridized carbons (Fsp3) is 0.400.